The topological polar surface area (TPSA) is 89.5 Å². The van der Waals surface area contributed by atoms with Gasteiger partial charge in [-0.15, -0.1) is 0 Å². The number of benzene rings is 3. The standard InChI is InChI=1S/C21H13NO5S/c23-21-10-5-13-11-15(7-9-18(13)27-21)28(24,25)22-14-6-8-20-17(12-14)16-3-1-2-4-19(16)26-20/h1-12,22H. The van der Waals surface area contributed by atoms with Crippen molar-refractivity contribution in [3.05, 3.63) is 83.2 Å². The Balaban J connectivity index is 1.56. The fourth-order valence-electron chi connectivity index (χ4n) is 3.22. The van der Waals surface area contributed by atoms with Crippen LogP contribution < -0.4 is 10.3 Å². The third-order valence-corrected chi connectivity index (χ3v) is 5.91. The second-order valence-corrected chi connectivity index (χ2v) is 8.05. The van der Waals surface area contributed by atoms with Crippen molar-refractivity contribution in [3.8, 4) is 0 Å². The molecule has 0 saturated carbocycles. The summed E-state index contributed by atoms with van der Waals surface area (Å²) in [7, 11) is -3.82. The number of anilines is 1. The van der Waals surface area contributed by atoms with Crippen LogP contribution in [0.15, 0.2) is 91.3 Å². The van der Waals surface area contributed by atoms with Crippen LogP contribution in [0.5, 0.6) is 0 Å². The largest absolute Gasteiger partial charge is 0.456 e. The lowest BCUT2D eigenvalue weighted by Crippen LogP contribution is -2.12. The summed E-state index contributed by atoms with van der Waals surface area (Å²) in [5.41, 5.74) is 1.71. The molecular formula is C21H13NO5S. The van der Waals surface area contributed by atoms with E-state index in [-0.39, 0.29) is 4.90 Å². The maximum absolute atomic E-state index is 12.8. The second-order valence-electron chi connectivity index (χ2n) is 6.37. The van der Waals surface area contributed by atoms with E-state index < -0.39 is 15.6 Å². The molecule has 0 atom stereocenters. The Kier molecular flexibility index (Phi) is 3.53. The highest BCUT2D eigenvalue weighted by Crippen LogP contribution is 2.31. The second kappa shape index (κ2) is 5.97. The fraction of sp³-hybridized carbons (Fsp3) is 0. The lowest BCUT2D eigenvalue weighted by atomic mass is 10.1. The van der Waals surface area contributed by atoms with Gasteiger partial charge in [0.25, 0.3) is 10.0 Å². The lowest BCUT2D eigenvalue weighted by Gasteiger charge is -2.09. The third kappa shape index (κ3) is 2.73. The predicted octanol–water partition coefficient (Wildman–Crippen LogP) is 4.49. The Hall–Kier alpha value is -3.58. The van der Waals surface area contributed by atoms with Crippen LogP contribution in [-0.2, 0) is 10.0 Å². The van der Waals surface area contributed by atoms with Gasteiger partial charge in [0, 0.05) is 27.9 Å². The minimum Gasteiger partial charge on any atom is -0.456 e. The van der Waals surface area contributed by atoms with E-state index in [2.05, 4.69) is 4.72 Å². The first-order valence-electron chi connectivity index (χ1n) is 8.48. The van der Waals surface area contributed by atoms with Crippen molar-refractivity contribution in [2.75, 3.05) is 4.72 Å². The number of fused-ring (bicyclic) bond motifs is 4. The molecule has 6 nitrogen and oxygen atoms in total. The molecule has 1 N–H and O–H groups in total. The summed E-state index contributed by atoms with van der Waals surface area (Å²) >= 11 is 0. The molecule has 0 fully saturated rings. The Morgan fingerprint density at radius 3 is 2.39 bits per heavy atom. The Morgan fingerprint density at radius 2 is 1.50 bits per heavy atom. The molecule has 0 aliphatic heterocycles. The SMILES string of the molecule is O=c1ccc2cc(S(=O)(=O)Nc3ccc4oc5ccccc5c4c3)ccc2o1. The zero-order chi connectivity index (χ0) is 19.3. The van der Waals surface area contributed by atoms with Crippen LogP contribution >= 0.6 is 0 Å². The third-order valence-electron chi connectivity index (χ3n) is 4.53. The van der Waals surface area contributed by atoms with Crippen LogP contribution in [0.4, 0.5) is 5.69 Å². The highest BCUT2D eigenvalue weighted by Gasteiger charge is 2.16. The van der Waals surface area contributed by atoms with Crippen LogP contribution in [0.25, 0.3) is 32.9 Å². The van der Waals surface area contributed by atoms with Gasteiger partial charge in [0.05, 0.1) is 4.90 Å². The van der Waals surface area contributed by atoms with E-state index in [1.807, 2.05) is 24.3 Å². The van der Waals surface area contributed by atoms with Gasteiger partial charge in [-0.1, -0.05) is 18.2 Å². The molecule has 5 rings (SSSR count). The number of nitrogens with one attached hydrogen (secondary N) is 1. The van der Waals surface area contributed by atoms with E-state index >= 15 is 0 Å². The van der Waals surface area contributed by atoms with Crippen LogP contribution in [0.1, 0.15) is 0 Å². The molecule has 0 bridgehead atoms. The molecule has 0 aliphatic carbocycles. The van der Waals surface area contributed by atoms with Crippen molar-refractivity contribution in [3.63, 3.8) is 0 Å². The minimum atomic E-state index is -3.82. The van der Waals surface area contributed by atoms with Crippen LogP contribution in [-0.4, -0.2) is 8.42 Å². The Labute approximate surface area is 159 Å². The lowest BCUT2D eigenvalue weighted by molar-refractivity contribution is 0.560. The number of rotatable bonds is 3. The molecule has 138 valence electrons. The van der Waals surface area contributed by atoms with Gasteiger partial charge in [-0.25, -0.2) is 13.2 Å². The number of hydrogen-bond donors (Lipinski definition) is 1. The number of sulfonamides is 1. The van der Waals surface area contributed by atoms with Gasteiger partial charge in [-0.3, -0.25) is 4.72 Å². The predicted molar refractivity (Wildman–Crippen MR) is 107 cm³/mol. The quantitative estimate of drug-likeness (QED) is 0.458. The first kappa shape index (κ1) is 16.6. The van der Waals surface area contributed by atoms with Gasteiger partial charge in [0.1, 0.15) is 16.7 Å². The van der Waals surface area contributed by atoms with Crippen molar-refractivity contribution >= 4 is 48.6 Å². The molecule has 0 spiro atoms. The minimum absolute atomic E-state index is 0.0750. The zero-order valence-corrected chi connectivity index (χ0v) is 15.2. The molecule has 2 heterocycles. The van der Waals surface area contributed by atoms with Gasteiger partial charge < -0.3 is 8.83 Å². The van der Waals surface area contributed by atoms with Gasteiger partial charge >= 0.3 is 5.63 Å². The molecule has 5 aromatic rings. The molecular weight excluding hydrogens is 378 g/mol. The van der Waals surface area contributed by atoms with Crippen molar-refractivity contribution < 1.29 is 17.3 Å². The van der Waals surface area contributed by atoms with Gasteiger partial charge in [0.2, 0.25) is 0 Å². The number of hydrogen-bond acceptors (Lipinski definition) is 5. The van der Waals surface area contributed by atoms with E-state index in [1.165, 1.54) is 30.3 Å². The van der Waals surface area contributed by atoms with E-state index in [4.69, 9.17) is 8.83 Å². The summed E-state index contributed by atoms with van der Waals surface area (Å²) in [4.78, 5) is 11.4. The number of para-hydroxylation sites is 1. The normalized spacial score (nSPS) is 12.0. The summed E-state index contributed by atoms with van der Waals surface area (Å²) in [5, 5.41) is 2.27. The first-order chi connectivity index (χ1) is 13.5. The van der Waals surface area contributed by atoms with Crippen LogP contribution in [0, 0.1) is 0 Å². The molecule has 7 heteroatoms. The molecule has 0 radical (unpaired) electrons. The molecule has 0 unspecified atom stereocenters. The monoisotopic (exact) mass is 391 g/mol. The molecule has 2 aromatic heterocycles. The highest BCUT2D eigenvalue weighted by molar-refractivity contribution is 7.92. The van der Waals surface area contributed by atoms with Crippen LogP contribution in [0.2, 0.25) is 0 Å². The molecule has 3 aromatic carbocycles. The van der Waals surface area contributed by atoms with Gasteiger partial charge in [0.15, 0.2) is 0 Å². The Morgan fingerprint density at radius 1 is 0.714 bits per heavy atom. The molecule has 0 saturated heterocycles. The van der Waals surface area contributed by atoms with Gasteiger partial charge in [-0.05, 0) is 48.5 Å². The van der Waals surface area contributed by atoms with Gasteiger partial charge in [-0.2, -0.15) is 0 Å². The summed E-state index contributed by atoms with van der Waals surface area (Å²) < 4.78 is 39.1. The number of furan rings is 1. The summed E-state index contributed by atoms with van der Waals surface area (Å²) in [6.45, 7) is 0. The smallest absolute Gasteiger partial charge is 0.336 e. The summed E-state index contributed by atoms with van der Waals surface area (Å²) in [6, 6.07) is 19.8. The van der Waals surface area contributed by atoms with Crippen molar-refractivity contribution in [1.82, 2.24) is 0 Å². The average molecular weight is 391 g/mol. The Bertz CT molecular complexity index is 1530. The fourth-order valence-corrected chi connectivity index (χ4v) is 4.31. The first-order valence-corrected chi connectivity index (χ1v) is 9.96. The van der Waals surface area contributed by atoms with Crippen LogP contribution in [0.3, 0.4) is 0 Å². The van der Waals surface area contributed by atoms with E-state index in [0.717, 1.165) is 16.4 Å². The van der Waals surface area contributed by atoms with E-state index in [1.54, 1.807) is 18.2 Å². The maximum Gasteiger partial charge on any atom is 0.336 e. The maximum atomic E-state index is 12.8. The zero-order valence-electron chi connectivity index (χ0n) is 14.4. The van der Waals surface area contributed by atoms with Crippen molar-refractivity contribution in [2.24, 2.45) is 0 Å². The summed E-state index contributed by atoms with van der Waals surface area (Å²) in [5.74, 6) is 0. The van der Waals surface area contributed by atoms with E-state index in [0.29, 0.717) is 22.2 Å². The molecule has 0 amide bonds. The summed E-state index contributed by atoms with van der Waals surface area (Å²) in [6.07, 6.45) is 0. The average Bonchev–Trinajstić information content (AvgIpc) is 3.05. The van der Waals surface area contributed by atoms with Crippen molar-refractivity contribution in [1.29, 1.82) is 0 Å². The highest BCUT2D eigenvalue weighted by atomic mass is 32.2. The van der Waals surface area contributed by atoms with E-state index in [9.17, 15) is 13.2 Å². The molecule has 28 heavy (non-hydrogen) atoms. The molecule has 0 aliphatic rings. The van der Waals surface area contributed by atoms with Crippen molar-refractivity contribution in [2.45, 2.75) is 4.90 Å².